The van der Waals surface area contributed by atoms with Crippen LogP contribution in [0.25, 0.3) is 0 Å². The SMILES string of the molecule is NNc1cnc(C(=O)NC2CCN(C3CC3)C2)cn1. The monoisotopic (exact) mass is 262 g/mol. The van der Waals surface area contributed by atoms with E-state index in [0.29, 0.717) is 11.5 Å². The largest absolute Gasteiger partial charge is 0.347 e. The van der Waals surface area contributed by atoms with Gasteiger partial charge in [-0.1, -0.05) is 0 Å². The molecule has 2 aliphatic rings. The van der Waals surface area contributed by atoms with Crippen LogP contribution in [-0.2, 0) is 0 Å². The minimum Gasteiger partial charge on any atom is -0.347 e. The van der Waals surface area contributed by atoms with Crippen LogP contribution in [0.5, 0.6) is 0 Å². The highest BCUT2D eigenvalue weighted by atomic mass is 16.2. The predicted octanol–water partition coefficient (Wildman–Crippen LogP) is -0.271. The molecule has 1 aliphatic carbocycles. The van der Waals surface area contributed by atoms with Crippen LogP contribution in [-0.4, -0.2) is 45.9 Å². The fraction of sp³-hybridized carbons (Fsp3) is 0.583. The summed E-state index contributed by atoms with van der Waals surface area (Å²) in [5.41, 5.74) is 2.70. The van der Waals surface area contributed by atoms with Crippen molar-refractivity contribution in [1.82, 2.24) is 20.2 Å². The first kappa shape index (κ1) is 12.3. The number of aromatic nitrogens is 2. The standard InChI is InChI=1S/C12H18N6O/c13-17-11-6-14-10(5-15-11)12(19)16-8-3-4-18(7-8)9-1-2-9/h5-6,8-9H,1-4,7,13H2,(H,15,17)(H,16,19). The molecule has 0 aromatic carbocycles. The van der Waals surface area contributed by atoms with E-state index in [1.54, 1.807) is 0 Å². The molecule has 7 heteroatoms. The average Bonchev–Trinajstić information content (AvgIpc) is 3.20. The van der Waals surface area contributed by atoms with Crippen molar-refractivity contribution in [3.63, 3.8) is 0 Å². The zero-order chi connectivity index (χ0) is 13.2. The van der Waals surface area contributed by atoms with Gasteiger partial charge in [-0.3, -0.25) is 9.69 Å². The van der Waals surface area contributed by atoms with Gasteiger partial charge in [0.25, 0.3) is 5.91 Å². The average molecular weight is 262 g/mol. The Hall–Kier alpha value is -1.73. The maximum atomic E-state index is 12.0. The highest BCUT2D eigenvalue weighted by Crippen LogP contribution is 2.29. The highest BCUT2D eigenvalue weighted by molar-refractivity contribution is 5.92. The Bertz CT molecular complexity index is 458. The second kappa shape index (κ2) is 5.10. The summed E-state index contributed by atoms with van der Waals surface area (Å²) in [4.78, 5) is 22.5. The van der Waals surface area contributed by atoms with Crippen molar-refractivity contribution in [2.75, 3.05) is 18.5 Å². The van der Waals surface area contributed by atoms with Crippen molar-refractivity contribution in [2.45, 2.75) is 31.3 Å². The summed E-state index contributed by atoms with van der Waals surface area (Å²) in [6.45, 7) is 2.03. The first-order valence-corrected chi connectivity index (χ1v) is 6.60. The molecule has 0 radical (unpaired) electrons. The molecular formula is C12H18N6O. The molecule has 1 aromatic heterocycles. The number of nitrogens with one attached hydrogen (secondary N) is 2. The van der Waals surface area contributed by atoms with E-state index in [-0.39, 0.29) is 11.9 Å². The van der Waals surface area contributed by atoms with E-state index in [1.165, 1.54) is 25.2 Å². The highest BCUT2D eigenvalue weighted by Gasteiger charge is 2.34. The van der Waals surface area contributed by atoms with Crippen molar-refractivity contribution >= 4 is 11.7 Å². The molecule has 0 bridgehead atoms. The molecule has 0 spiro atoms. The third-order valence-corrected chi connectivity index (χ3v) is 3.65. The molecule has 2 fully saturated rings. The third-order valence-electron chi connectivity index (χ3n) is 3.65. The van der Waals surface area contributed by atoms with Crippen molar-refractivity contribution < 1.29 is 4.79 Å². The molecule has 1 aliphatic heterocycles. The van der Waals surface area contributed by atoms with Gasteiger partial charge in [-0.25, -0.2) is 15.8 Å². The Morgan fingerprint density at radius 2 is 2.16 bits per heavy atom. The first-order chi connectivity index (χ1) is 9.26. The zero-order valence-electron chi connectivity index (χ0n) is 10.7. The number of hydrogen-bond acceptors (Lipinski definition) is 6. The van der Waals surface area contributed by atoms with E-state index < -0.39 is 0 Å². The first-order valence-electron chi connectivity index (χ1n) is 6.60. The number of amides is 1. The number of hydrogen-bond donors (Lipinski definition) is 3. The van der Waals surface area contributed by atoms with Gasteiger partial charge in [0.2, 0.25) is 0 Å². The summed E-state index contributed by atoms with van der Waals surface area (Å²) in [5.74, 6) is 5.47. The minimum absolute atomic E-state index is 0.168. The summed E-state index contributed by atoms with van der Waals surface area (Å²) < 4.78 is 0. The number of carbonyl (C=O) groups is 1. The van der Waals surface area contributed by atoms with Crippen LogP contribution in [0, 0.1) is 0 Å². The number of carbonyl (C=O) groups excluding carboxylic acids is 1. The van der Waals surface area contributed by atoms with Gasteiger partial charge in [0, 0.05) is 25.2 Å². The minimum atomic E-state index is -0.168. The van der Waals surface area contributed by atoms with E-state index >= 15 is 0 Å². The number of anilines is 1. The van der Waals surface area contributed by atoms with Gasteiger partial charge in [-0.05, 0) is 19.3 Å². The summed E-state index contributed by atoms with van der Waals surface area (Å²) in [7, 11) is 0. The lowest BCUT2D eigenvalue weighted by atomic mass is 10.2. The maximum absolute atomic E-state index is 12.0. The number of nitrogens with two attached hydrogens (primary N) is 1. The van der Waals surface area contributed by atoms with Crippen LogP contribution in [0.15, 0.2) is 12.4 Å². The van der Waals surface area contributed by atoms with Gasteiger partial charge in [0.05, 0.1) is 12.4 Å². The number of rotatable bonds is 4. The molecule has 3 rings (SSSR count). The third kappa shape index (κ3) is 2.82. The van der Waals surface area contributed by atoms with Crippen molar-refractivity contribution in [3.8, 4) is 0 Å². The molecule has 1 saturated heterocycles. The number of nitrogen functional groups attached to an aromatic ring is 1. The Labute approximate surface area is 111 Å². The summed E-state index contributed by atoms with van der Waals surface area (Å²) in [6, 6.07) is 0.985. The molecule has 1 saturated carbocycles. The van der Waals surface area contributed by atoms with Crippen LogP contribution in [0.4, 0.5) is 5.82 Å². The van der Waals surface area contributed by atoms with Crippen LogP contribution >= 0.6 is 0 Å². The lowest BCUT2D eigenvalue weighted by Crippen LogP contribution is -2.37. The van der Waals surface area contributed by atoms with Crippen LogP contribution in [0.3, 0.4) is 0 Å². The zero-order valence-corrected chi connectivity index (χ0v) is 10.7. The predicted molar refractivity (Wildman–Crippen MR) is 70.3 cm³/mol. The Kier molecular flexibility index (Phi) is 3.31. The maximum Gasteiger partial charge on any atom is 0.271 e. The Morgan fingerprint density at radius 1 is 1.32 bits per heavy atom. The van der Waals surface area contributed by atoms with Crippen molar-refractivity contribution in [1.29, 1.82) is 0 Å². The molecule has 7 nitrogen and oxygen atoms in total. The van der Waals surface area contributed by atoms with Crippen LogP contribution in [0.1, 0.15) is 29.8 Å². The second-order valence-electron chi connectivity index (χ2n) is 5.12. The number of hydrazine groups is 1. The fourth-order valence-electron chi connectivity index (χ4n) is 2.46. The van der Waals surface area contributed by atoms with E-state index in [0.717, 1.165) is 25.6 Å². The molecule has 4 N–H and O–H groups in total. The van der Waals surface area contributed by atoms with Gasteiger partial charge < -0.3 is 10.7 Å². The molecule has 2 heterocycles. The van der Waals surface area contributed by atoms with Crippen LogP contribution < -0.4 is 16.6 Å². The molecule has 1 atom stereocenters. The summed E-state index contributed by atoms with van der Waals surface area (Å²) in [6.07, 6.45) is 6.50. The van der Waals surface area contributed by atoms with Gasteiger partial charge in [-0.15, -0.1) is 0 Å². The molecular weight excluding hydrogens is 244 g/mol. The summed E-state index contributed by atoms with van der Waals surface area (Å²) >= 11 is 0. The van der Waals surface area contributed by atoms with Crippen molar-refractivity contribution in [3.05, 3.63) is 18.1 Å². The van der Waals surface area contributed by atoms with Crippen LogP contribution in [0.2, 0.25) is 0 Å². The quantitative estimate of drug-likeness (QED) is 0.510. The van der Waals surface area contributed by atoms with E-state index in [4.69, 9.17) is 5.84 Å². The molecule has 1 amide bonds. The Morgan fingerprint density at radius 3 is 2.79 bits per heavy atom. The van der Waals surface area contributed by atoms with E-state index in [2.05, 4.69) is 25.6 Å². The van der Waals surface area contributed by atoms with Gasteiger partial charge >= 0.3 is 0 Å². The summed E-state index contributed by atoms with van der Waals surface area (Å²) in [5, 5.41) is 3.01. The smallest absolute Gasteiger partial charge is 0.271 e. The van der Waals surface area contributed by atoms with E-state index in [9.17, 15) is 4.79 Å². The van der Waals surface area contributed by atoms with Crippen molar-refractivity contribution in [2.24, 2.45) is 5.84 Å². The van der Waals surface area contributed by atoms with Gasteiger partial charge in [-0.2, -0.15) is 0 Å². The molecule has 102 valence electrons. The molecule has 1 aromatic rings. The lowest BCUT2D eigenvalue weighted by molar-refractivity contribution is 0.0932. The number of nitrogens with zero attached hydrogens (tertiary/aromatic N) is 3. The molecule has 19 heavy (non-hydrogen) atoms. The lowest BCUT2D eigenvalue weighted by Gasteiger charge is -2.15. The normalized spacial score (nSPS) is 23.3. The molecule has 1 unspecified atom stereocenters. The van der Waals surface area contributed by atoms with Gasteiger partial charge in [0.15, 0.2) is 5.82 Å². The fourth-order valence-corrected chi connectivity index (χ4v) is 2.46. The number of likely N-dealkylation sites (tertiary alicyclic amines) is 1. The second-order valence-corrected chi connectivity index (χ2v) is 5.12. The van der Waals surface area contributed by atoms with E-state index in [1.807, 2.05) is 0 Å². The topological polar surface area (TPSA) is 96.2 Å². The Balaban J connectivity index is 1.55. The van der Waals surface area contributed by atoms with Gasteiger partial charge in [0.1, 0.15) is 5.69 Å².